The van der Waals surface area contributed by atoms with Crippen molar-refractivity contribution in [3.63, 3.8) is 0 Å². The molecule has 4 N–H and O–H groups in total. The molecule has 1 saturated heterocycles. The number of amides is 3. The molecule has 1 heterocycles. The van der Waals surface area contributed by atoms with Crippen LogP contribution in [0, 0.1) is 0 Å². The molecule has 0 aromatic heterocycles. The molecule has 1 aromatic rings. The minimum Gasteiger partial charge on any atom is -0.352 e. The highest BCUT2D eigenvalue weighted by atomic mass is 35.5. The number of nitrogens with zero attached hydrogens (tertiary/aromatic N) is 1. The van der Waals surface area contributed by atoms with Crippen molar-refractivity contribution in [3.8, 4) is 0 Å². The second-order valence-electron chi connectivity index (χ2n) is 6.52. The highest BCUT2D eigenvalue weighted by Crippen LogP contribution is 2.24. The molecule has 0 spiro atoms. The summed E-state index contributed by atoms with van der Waals surface area (Å²) in [6.07, 6.45) is 2.20. The summed E-state index contributed by atoms with van der Waals surface area (Å²) in [6.45, 7) is 3.08. The van der Waals surface area contributed by atoms with Crippen molar-refractivity contribution in [2.75, 3.05) is 26.2 Å². The van der Waals surface area contributed by atoms with Crippen molar-refractivity contribution in [2.45, 2.75) is 38.1 Å². The first-order valence-corrected chi connectivity index (χ1v) is 9.15. The summed E-state index contributed by atoms with van der Waals surface area (Å²) in [5.41, 5.74) is 6.23. The van der Waals surface area contributed by atoms with Gasteiger partial charge in [0.05, 0.1) is 19.0 Å². The number of hydrogen-bond acceptors (Lipinski definition) is 4. The molecule has 1 aliphatic heterocycles. The van der Waals surface area contributed by atoms with Crippen molar-refractivity contribution in [3.05, 3.63) is 35.9 Å². The Morgan fingerprint density at radius 2 is 1.78 bits per heavy atom. The molecule has 8 heteroatoms. The highest BCUT2D eigenvalue weighted by Gasteiger charge is 2.28. The zero-order valence-electron chi connectivity index (χ0n) is 15.6. The molecule has 0 saturated carbocycles. The van der Waals surface area contributed by atoms with Gasteiger partial charge >= 0.3 is 0 Å². The van der Waals surface area contributed by atoms with E-state index in [9.17, 15) is 14.4 Å². The van der Waals surface area contributed by atoms with E-state index in [1.165, 1.54) is 0 Å². The van der Waals surface area contributed by atoms with Crippen molar-refractivity contribution in [1.29, 1.82) is 0 Å². The quantitative estimate of drug-likeness (QED) is 0.633. The summed E-state index contributed by atoms with van der Waals surface area (Å²) in [7, 11) is 0. The molecule has 1 aliphatic rings. The lowest BCUT2D eigenvalue weighted by molar-refractivity contribution is -0.134. The van der Waals surface area contributed by atoms with E-state index < -0.39 is 0 Å². The van der Waals surface area contributed by atoms with Gasteiger partial charge in [-0.05, 0) is 24.8 Å². The van der Waals surface area contributed by atoms with E-state index in [2.05, 4.69) is 10.6 Å². The fraction of sp³-hybridized carbons (Fsp3) is 0.526. The van der Waals surface area contributed by atoms with Crippen LogP contribution in [0.25, 0.3) is 0 Å². The molecule has 7 nitrogen and oxygen atoms in total. The molecule has 150 valence electrons. The van der Waals surface area contributed by atoms with Gasteiger partial charge in [0, 0.05) is 19.1 Å². The standard InChI is InChI=1S/C19H28N4O3.ClH/c1-2-16(14-6-4-3-5-7-14)19(26)23-10-8-15(9-11-23)22-18(25)13-21-17(24)12-20;/h3-7,15-16H,2,8-13,20H2,1H3,(H,21,24)(H,22,25);1H. The van der Waals surface area contributed by atoms with Crippen LogP contribution < -0.4 is 16.4 Å². The molecular formula is C19H29ClN4O3. The first-order valence-electron chi connectivity index (χ1n) is 9.15. The molecule has 3 amide bonds. The average molecular weight is 397 g/mol. The van der Waals surface area contributed by atoms with Gasteiger partial charge in [-0.25, -0.2) is 0 Å². The number of carbonyl (C=O) groups is 3. The average Bonchev–Trinajstić information content (AvgIpc) is 2.68. The van der Waals surface area contributed by atoms with Crippen LogP contribution in [-0.2, 0) is 14.4 Å². The number of carbonyl (C=O) groups excluding carboxylic acids is 3. The summed E-state index contributed by atoms with van der Waals surface area (Å²) in [5, 5.41) is 5.35. The van der Waals surface area contributed by atoms with Gasteiger partial charge in [0.1, 0.15) is 0 Å². The number of piperidine rings is 1. The fourth-order valence-electron chi connectivity index (χ4n) is 3.23. The number of nitrogens with two attached hydrogens (primary N) is 1. The second-order valence-corrected chi connectivity index (χ2v) is 6.52. The lowest BCUT2D eigenvalue weighted by Gasteiger charge is -2.34. The highest BCUT2D eigenvalue weighted by molar-refractivity contribution is 5.86. The fourth-order valence-corrected chi connectivity index (χ4v) is 3.23. The summed E-state index contributed by atoms with van der Waals surface area (Å²) >= 11 is 0. The Balaban J connectivity index is 0.00000364. The van der Waals surface area contributed by atoms with Crippen molar-refractivity contribution < 1.29 is 14.4 Å². The van der Waals surface area contributed by atoms with Crippen LogP contribution in [0.3, 0.4) is 0 Å². The van der Waals surface area contributed by atoms with Gasteiger partial charge in [0.15, 0.2) is 0 Å². The molecule has 1 aromatic carbocycles. The predicted molar refractivity (Wildman–Crippen MR) is 107 cm³/mol. The summed E-state index contributed by atoms with van der Waals surface area (Å²) < 4.78 is 0. The summed E-state index contributed by atoms with van der Waals surface area (Å²) in [5.74, 6) is -0.549. The molecule has 1 unspecified atom stereocenters. The SMILES string of the molecule is CCC(C(=O)N1CCC(NC(=O)CNC(=O)CN)CC1)c1ccccc1.Cl. The van der Waals surface area contributed by atoms with Gasteiger partial charge in [-0.15, -0.1) is 12.4 Å². The molecule has 1 fully saturated rings. The smallest absolute Gasteiger partial charge is 0.239 e. The number of likely N-dealkylation sites (tertiary alicyclic amines) is 1. The Labute approximate surface area is 166 Å². The zero-order chi connectivity index (χ0) is 18.9. The van der Waals surface area contributed by atoms with E-state index in [0.29, 0.717) is 25.9 Å². The largest absolute Gasteiger partial charge is 0.352 e. The second kappa shape index (κ2) is 11.6. The number of benzene rings is 1. The Bertz CT molecular complexity index is 619. The Morgan fingerprint density at radius 1 is 1.15 bits per heavy atom. The van der Waals surface area contributed by atoms with E-state index in [0.717, 1.165) is 12.0 Å². The molecular weight excluding hydrogens is 368 g/mol. The molecule has 0 radical (unpaired) electrons. The van der Waals surface area contributed by atoms with Gasteiger partial charge in [-0.3, -0.25) is 14.4 Å². The summed E-state index contributed by atoms with van der Waals surface area (Å²) in [4.78, 5) is 37.7. The maximum absolute atomic E-state index is 12.8. The van der Waals surface area contributed by atoms with Crippen LogP contribution in [0.4, 0.5) is 0 Å². The lowest BCUT2D eigenvalue weighted by atomic mass is 9.93. The number of rotatable bonds is 7. The number of halogens is 1. The molecule has 1 atom stereocenters. The lowest BCUT2D eigenvalue weighted by Crippen LogP contribution is -2.49. The zero-order valence-corrected chi connectivity index (χ0v) is 16.5. The van der Waals surface area contributed by atoms with Crippen LogP contribution in [0.2, 0.25) is 0 Å². The Morgan fingerprint density at radius 3 is 2.33 bits per heavy atom. The van der Waals surface area contributed by atoms with Crippen molar-refractivity contribution in [2.24, 2.45) is 5.73 Å². The number of nitrogens with one attached hydrogen (secondary N) is 2. The summed E-state index contributed by atoms with van der Waals surface area (Å²) in [6, 6.07) is 9.87. The molecule has 2 rings (SSSR count). The maximum atomic E-state index is 12.8. The third-order valence-corrected chi connectivity index (χ3v) is 4.71. The first-order chi connectivity index (χ1) is 12.5. The molecule has 27 heavy (non-hydrogen) atoms. The topological polar surface area (TPSA) is 105 Å². The third kappa shape index (κ3) is 6.84. The van der Waals surface area contributed by atoms with Crippen molar-refractivity contribution >= 4 is 30.1 Å². The van der Waals surface area contributed by atoms with E-state index >= 15 is 0 Å². The van der Waals surface area contributed by atoms with Crippen LogP contribution in [0.15, 0.2) is 30.3 Å². The minimum absolute atomic E-state index is 0. The Hall–Kier alpha value is -2.12. The van der Waals surface area contributed by atoms with Gasteiger partial charge in [0.25, 0.3) is 0 Å². The van der Waals surface area contributed by atoms with Crippen molar-refractivity contribution in [1.82, 2.24) is 15.5 Å². The molecule has 0 bridgehead atoms. The molecule has 0 aliphatic carbocycles. The number of hydrogen-bond donors (Lipinski definition) is 3. The van der Waals surface area contributed by atoms with Crippen LogP contribution in [0.1, 0.15) is 37.7 Å². The van der Waals surface area contributed by atoms with Crippen LogP contribution >= 0.6 is 12.4 Å². The van der Waals surface area contributed by atoms with Gasteiger partial charge in [-0.2, -0.15) is 0 Å². The predicted octanol–water partition coefficient (Wildman–Crippen LogP) is 0.784. The monoisotopic (exact) mass is 396 g/mol. The maximum Gasteiger partial charge on any atom is 0.239 e. The van der Waals surface area contributed by atoms with E-state index in [-0.39, 0.29) is 55.2 Å². The third-order valence-electron chi connectivity index (χ3n) is 4.71. The van der Waals surface area contributed by atoms with Crippen LogP contribution in [-0.4, -0.2) is 54.8 Å². The van der Waals surface area contributed by atoms with Gasteiger partial charge < -0.3 is 21.3 Å². The minimum atomic E-state index is -0.355. The Kier molecular flexibility index (Phi) is 9.82. The van der Waals surface area contributed by atoms with Gasteiger partial charge in [0.2, 0.25) is 17.7 Å². The van der Waals surface area contributed by atoms with E-state index in [4.69, 9.17) is 5.73 Å². The van der Waals surface area contributed by atoms with E-state index in [1.54, 1.807) is 0 Å². The van der Waals surface area contributed by atoms with Crippen LogP contribution in [0.5, 0.6) is 0 Å². The normalized spacial score (nSPS) is 15.4. The van der Waals surface area contributed by atoms with E-state index in [1.807, 2.05) is 42.2 Å². The first kappa shape index (κ1) is 22.9. The van der Waals surface area contributed by atoms with Gasteiger partial charge in [-0.1, -0.05) is 37.3 Å².